The van der Waals surface area contributed by atoms with Gasteiger partial charge in [-0.1, -0.05) is 18.2 Å². The largest absolute Gasteiger partial charge is 0.340 e. The number of nitrogens with one attached hydrogen (secondary N) is 2. The van der Waals surface area contributed by atoms with Crippen molar-refractivity contribution in [3.05, 3.63) is 69.1 Å². The van der Waals surface area contributed by atoms with Crippen LogP contribution in [0.1, 0.15) is 33.8 Å². The highest BCUT2D eigenvalue weighted by Gasteiger charge is 2.15. The maximum atomic E-state index is 13.2. The average molecular weight is 461 g/mol. The Kier molecular flexibility index (Phi) is 7.85. The molecule has 0 bridgehead atoms. The minimum absolute atomic E-state index is 0.0406. The van der Waals surface area contributed by atoms with Crippen molar-refractivity contribution in [2.24, 2.45) is 0 Å². The standard InChI is InChI=1S/C21H21FN4O3S2/c1-26(19(28)8-7-17(27)18-6-3-9-30-18)12-16-13-31-21(24-16)25-20(29)23-11-14-4-2-5-15(22)10-14/h2-6,9-10,13H,7-8,11-12H2,1H3,(H2,23,24,25,29). The number of thiophene rings is 1. The Labute approximate surface area is 186 Å². The van der Waals surface area contributed by atoms with Gasteiger partial charge in [-0.05, 0) is 29.1 Å². The van der Waals surface area contributed by atoms with Crippen molar-refractivity contribution in [3.8, 4) is 0 Å². The van der Waals surface area contributed by atoms with Gasteiger partial charge in [0.05, 0.1) is 17.1 Å². The van der Waals surface area contributed by atoms with Crippen molar-refractivity contribution < 1.29 is 18.8 Å². The van der Waals surface area contributed by atoms with Gasteiger partial charge in [0, 0.05) is 31.8 Å². The van der Waals surface area contributed by atoms with Gasteiger partial charge in [0.15, 0.2) is 10.9 Å². The fourth-order valence-electron chi connectivity index (χ4n) is 2.71. The highest BCUT2D eigenvalue weighted by Crippen LogP contribution is 2.17. The minimum atomic E-state index is -0.457. The number of thiazole rings is 1. The second-order valence-electron chi connectivity index (χ2n) is 6.73. The fourth-order valence-corrected chi connectivity index (χ4v) is 4.10. The van der Waals surface area contributed by atoms with Crippen LogP contribution in [-0.4, -0.2) is 34.7 Å². The van der Waals surface area contributed by atoms with E-state index >= 15 is 0 Å². The van der Waals surface area contributed by atoms with E-state index in [1.165, 1.54) is 39.7 Å². The fraction of sp³-hybridized carbons (Fsp3) is 0.238. The number of carbonyl (C=O) groups excluding carboxylic acids is 3. The molecule has 2 aromatic heterocycles. The minimum Gasteiger partial charge on any atom is -0.340 e. The highest BCUT2D eigenvalue weighted by atomic mass is 32.1. The molecule has 0 unspecified atom stereocenters. The van der Waals surface area contributed by atoms with Crippen LogP contribution >= 0.6 is 22.7 Å². The Morgan fingerprint density at radius 3 is 2.71 bits per heavy atom. The zero-order valence-electron chi connectivity index (χ0n) is 16.8. The van der Waals surface area contributed by atoms with Gasteiger partial charge in [0.25, 0.3) is 0 Å². The Bertz CT molecular complexity index is 1050. The van der Waals surface area contributed by atoms with Crippen molar-refractivity contribution in [3.63, 3.8) is 0 Å². The van der Waals surface area contributed by atoms with Crippen molar-refractivity contribution in [1.82, 2.24) is 15.2 Å². The molecule has 3 aromatic rings. The number of nitrogens with zero attached hydrogens (tertiary/aromatic N) is 2. The zero-order valence-corrected chi connectivity index (χ0v) is 18.4. The lowest BCUT2D eigenvalue weighted by molar-refractivity contribution is -0.130. The van der Waals surface area contributed by atoms with Gasteiger partial charge in [-0.2, -0.15) is 0 Å². The van der Waals surface area contributed by atoms with Crippen molar-refractivity contribution in [2.75, 3.05) is 12.4 Å². The smallest absolute Gasteiger partial charge is 0.321 e. The molecule has 3 amide bonds. The van der Waals surface area contributed by atoms with E-state index in [9.17, 15) is 18.8 Å². The predicted octanol–water partition coefficient (Wildman–Crippen LogP) is 4.29. The topological polar surface area (TPSA) is 91.4 Å². The summed E-state index contributed by atoms with van der Waals surface area (Å²) < 4.78 is 13.2. The Morgan fingerprint density at radius 1 is 1.13 bits per heavy atom. The number of benzene rings is 1. The number of hydrogen-bond acceptors (Lipinski definition) is 6. The summed E-state index contributed by atoms with van der Waals surface area (Å²) >= 11 is 2.60. The first-order valence-electron chi connectivity index (χ1n) is 9.45. The van der Waals surface area contributed by atoms with Crippen LogP contribution in [0, 0.1) is 5.82 Å². The average Bonchev–Trinajstić information content (AvgIpc) is 3.43. The Balaban J connectivity index is 1.42. The third-order valence-corrected chi connectivity index (χ3v) is 6.02. The Morgan fingerprint density at radius 2 is 1.97 bits per heavy atom. The van der Waals surface area contributed by atoms with Crippen LogP contribution in [0.4, 0.5) is 14.3 Å². The van der Waals surface area contributed by atoms with Crippen molar-refractivity contribution in [1.29, 1.82) is 0 Å². The van der Waals surface area contributed by atoms with E-state index in [0.29, 0.717) is 21.3 Å². The molecule has 162 valence electrons. The summed E-state index contributed by atoms with van der Waals surface area (Å²) in [5.74, 6) is -0.555. The van der Waals surface area contributed by atoms with Crippen LogP contribution in [0.3, 0.4) is 0 Å². The number of rotatable bonds is 9. The summed E-state index contributed by atoms with van der Waals surface area (Å²) in [6.07, 6.45) is 0.296. The molecule has 0 saturated heterocycles. The molecule has 0 radical (unpaired) electrons. The second kappa shape index (κ2) is 10.8. The lowest BCUT2D eigenvalue weighted by atomic mass is 10.2. The van der Waals surface area contributed by atoms with E-state index < -0.39 is 6.03 Å². The maximum Gasteiger partial charge on any atom is 0.321 e. The van der Waals surface area contributed by atoms with Crippen molar-refractivity contribution >= 4 is 45.5 Å². The van der Waals surface area contributed by atoms with E-state index in [1.54, 1.807) is 36.7 Å². The number of aromatic nitrogens is 1. The molecular weight excluding hydrogens is 439 g/mol. The number of ketones is 1. The number of carbonyl (C=O) groups is 3. The molecule has 7 nitrogen and oxygen atoms in total. The third kappa shape index (κ3) is 6.97. The zero-order chi connectivity index (χ0) is 22.2. The number of amides is 3. The first-order valence-corrected chi connectivity index (χ1v) is 11.2. The van der Waals surface area contributed by atoms with Crippen LogP contribution in [-0.2, 0) is 17.9 Å². The third-order valence-electron chi connectivity index (χ3n) is 4.30. The summed E-state index contributed by atoms with van der Waals surface area (Å²) in [7, 11) is 1.65. The number of Topliss-reactive ketones (excluding diaryl/α,β-unsaturated/α-hetero) is 1. The molecule has 0 saturated carbocycles. The molecule has 2 N–H and O–H groups in total. The van der Waals surface area contributed by atoms with E-state index in [-0.39, 0.29) is 43.4 Å². The van der Waals surface area contributed by atoms with Gasteiger partial charge >= 0.3 is 6.03 Å². The van der Waals surface area contributed by atoms with Gasteiger partial charge in [0.2, 0.25) is 5.91 Å². The molecule has 3 rings (SSSR count). The number of anilines is 1. The van der Waals surface area contributed by atoms with E-state index in [4.69, 9.17) is 0 Å². The second-order valence-corrected chi connectivity index (χ2v) is 8.54. The van der Waals surface area contributed by atoms with E-state index in [0.717, 1.165) is 0 Å². The molecule has 31 heavy (non-hydrogen) atoms. The van der Waals surface area contributed by atoms with Gasteiger partial charge in [0.1, 0.15) is 5.82 Å². The summed E-state index contributed by atoms with van der Waals surface area (Å²) in [5, 5.41) is 9.23. The first-order chi connectivity index (χ1) is 14.9. The summed E-state index contributed by atoms with van der Waals surface area (Å²) in [6.45, 7) is 0.457. The molecule has 0 spiro atoms. The molecule has 0 fully saturated rings. The highest BCUT2D eigenvalue weighted by molar-refractivity contribution is 7.14. The Hall–Kier alpha value is -3.11. The van der Waals surface area contributed by atoms with Crippen LogP contribution in [0.25, 0.3) is 0 Å². The molecule has 1 aromatic carbocycles. The van der Waals surface area contributed by atoms with Gasteiger partial charge < -0.3 is 10.2 Å². The van der Waals surface area contributed by atoms with Gasteiger partial charge in [-0.15, -0.1) is 22.7 Å². The normalized spacial score (nSPS) is 10.5. The molecular formula is C21H21FN4O3S2. The SMILES string of the molecule is CN(Cc1csc(NC(=O)NCc2cccc(F)c2)n1)C(=O)CCC(=O)c1cccs1. The predicted molar refractivity (Wildman–Crippen MR) is 119 cm³/mol. The number of urea groups is 1. The number of hydrogen-bond donors (Lipinski definition) is 2. The van der Waals surface area contributed by atoms with Crippen molar-refractivity contribution in [2.45, 2.75) is 25.9 Å². The summed E-state index contributed by atoms with van der Waals surface area (Å²) in [4.78, 5) is 42.8. The molecule has 2 heterocycles. The van der Waals surface area contributed by atoms with Gasteiger partial charge in [-0.25, -0.2) is 14.2 Å². The lowest BCUT2D eigenvalue weighted by Crippen LogP contribution is -2.28. The first kappa shape index (κ1) is 22.6. The quantitative estimate of drug-likeness (QED) is 0.466. The van der Waals surface area contributed by atoms with E-state index in [1.807, 2.05) is 5.38 Å². The summed E-state index contributed by atoms with van der Waals surface area (Å²) in [5.41, 5.74) is 1.28. The van der Waals surface area contributed by atoms with E-state index in [2.05, 4.69) is 15.6 Å². The molecule has 0 aliphatic rings. The number of halogens is 1. The molecule has 0 aliphatic carbocycles. The van der Waals surface area contributed by atoms with Crippen LogP contribution < -0.4 is 10.6 Å². The lowest BCUT2D eigenvalue weighted by Gasteiger charge is -2.15. The van der Waals surface area contributed by atoms with Crippen LogP contribution in [0.5, 0.6) is 0 Å². The van der Waals surface area contributed by atoms with Gasteiger partial charge in [-0.3, -0.25) is 14.9 Å². The molecule has 0 aliphatic heterocycles. The molecule has 10 heteroatoms. The summed E-state index contributed by atoms with van der Waals surface area (Å²) in [6, 6.07) is 9.08. The maximum absolute atomic E-state index is 13.2. The van der Waals surface area contributed by atoms with Crippen LogP contribution in [0.15, 0.2) is 47.2 Å². The van der Waals surface area contributed by atoms with Crippen LogP contribution in [0.2, 0.25) is 0 Å². The monoisotopic (exact) mass is 460 g/mol. The molecule has 0 atom stereocenters.